The molecule has 1 N–H and O–H groups in total. The van der Waals surface area contributed by atoms with E-state index in [-0.39, 0.29) is 6.04 Å². The van der Waals surface area contributed by atoms with Crippen molar-refractivity contribution in [1.82, 2.24) is 5.32 Å². The van der Waals surface area contributed by atoms with Gasteiger partial charge in [-0.1, -0.05) is 34.1 Å². The quantitative estimate of drug-likeness (QED) is 0.859. The molecule has 1 aromatic heterocycles. The van der Waals surface area contributed by atoms with Crippen molar-refractivity contribution in [2.24, 2.45) is 0 Å². The summed E-state index contributed by atoms with van der Waals surface area (Å²) in [7, 11) is 2.02. The third-order valence-electron chi connectivity index (χ3n) is 3.16. The number of benzene rings is 1. The lowest BCUT2D eigenvalue weighted by Crippen LogP contribution is -2.18. The van der Waals surface area contributed by atoms with Crippen LogP contribution in [0.15, 0.2) is 28.7 Å². The highest BCUT2D eigenvalue weighted by atomic mass is 79.9. The van der Waals surface area contributed by atoms with E-state index in [0.717, 1.165) is 0 Å². The van der Waals surface area contributed by atoms with Gasteiger partial charge in [0.15, 0.2) is 0 Å². The van der Waals surface area contributed by atoms with Gasteiger partial charge in [0.25, 0.3) is 0 Å². The first kappa shape index (κ1) is 13.8. The van der Waals surface area contributed by atoms with Crippen LogP contribution in [0.4, 0.5) is 0 Å². The van der Waals surface area contributed by atoms with Crippen LogP contribution in [0.3, 0.4) is 0 Å². The fraction of sp³-hybridized carbons (Fsp3) is 0.333. The largest absolute Gasteiger partial charge is 0.309 e. The van der Waals surface area contributed by atoms with Crippen molar-refractivity contribution in [2.75, 3.05) is 7.05 Å². The molecule has 0 saturated heterocycles. The van der Waals surface area contributed by atoms with Crippen molar-refractivity contribution in [3.05, 3.63) is 55.2 Å². The van der Waals surface area contributed by atoms with Crippen molar-refractivity contribution < 1.29 is 0 Å². The maximum Gasteiger partial charge on any atom is 0.0682 e. The summed E-state index contributed by atoms with van der Waals surface area (Å²) in [5, 5.41) is 3.44. The number of halogens is 1. The van der Waals surface area contributed by atoms with E-state index >= 15 is 0 Å². The van der Waals surface area contributed by atoms with Gasteiger partial charge >= 0.3 is 0 Å². The summed E-state index contributed by atoms with van der Waals surface area (Å²) in [6, 6.07) is 8.96. The molecule has 1 aromatic carbocycles. The number of aryl methyl sites for hydroxylation is 3. The number of thiophene rings is 1. The molecule has 0 spiro atoms. The van der Waals surface area contributed by atoms with Crippen LogP contribution in [0, 0.1) is 20.8 Å². The SMILES string of the molecule is CNC(c1cccc(C)c1Br)c1sc(C)cc1C. The van der Waals surface area contributed by atoms with Gasteiger partial charge in [0.05, 0.1) is 6.04 Å². The van der Waals surface area contributed by atoms with Crippen LogP contribution < -0.4 is 5.32 Å². The Morgan fingerprint density at radius 2 is 1.89 bits per heavy atom. The van der Waals surface area contributed by atoms with Crippen LogP contribution in [0.25, 0.3) is 0 Å². The number of hydrogen-bond donors (Lipinski definition) is 1. The van der Waals surface area contributed by atoms with E-state index in [1.54, 1.807) is 0 Å². The first-order chi connectivity index (χ1) is 8.54. The summed E-state index contributed by atoms with van der Waals surface area (Å²) in [5.74, 6) is 0. The summed E-state index contributed by atoms with van der Waals surface area (Å²) >= 11 is 5.59. The molecule has 2 aromatic rings. The van der Waals surface area contributed by atoms with Crippen LogP contribution in [0.5, 0.6) is 0 Å². The number of rotatable bonds is 3. The van der Waals surface area contributed by atoms with Gasteiger partial charge in [0, 0.05) is 14.2 Å². The topological polar surface area (TPSA) is 12.0 Å². The molecule has 96 valence electrons. The van der Waals surface area contributed by atoms with Gasteiger partial charge in [-0.15, -0.1) is 11.3 Å². The summed E-state index contributed by atoms with van der Waals surface area (Å²) in [4.78, 5) is 2.77. The van der Waals surface area contributed by atoms with E-state index in [9.17, 15) is 0 Å². The maximum absolute atomic E-state index is 3.71. The predicted molar refractivity (Wildman–Crippen MR) is 83.6 cm³/mol. The summed E-state index contributed by atoms with van der Waals surface area (Å²) in [6.45, 7) is 6.49. The Bertz CT molecular complexity index is 560. The van der Waals surface area contributed by atoms with Gasteiger partial charge < -0.3 is 5.32 Å². The Morgan fingerprint density at radius 3 is 2.44 bits per heavy atom. The molecule has 0 aliphatic carbocycles. The van der Waals surface area contributed by atoms with Crippen LogP contribution in [0.2, 0.25) is 0 Å². The molecule has 3 heteroatoms. The first-order valence-electron chi connectivity index (χ1n) is 6.03. The molecule has 1 unspecified atom stereocenters. The van der Waals surface area contributed by atoms with Gasteiger partial charge in [-0.25, -0.2) is 0 Å². The van der Waals surface area contributed by atoms with E-state index < -0.39 is 0 Å². The highest BCUT2D eigenvalue weighted by molar-refractivity contribution is 9.10. The zero-order valence-corrected chi connectivity index (χ0v) is 13.6. The molecule has 1 atom stereocenters. The lowest BCUT2D eigenvalue weighted by Gasteiger charge is -2.19. The van der Waals surface area contributed by atoms with Crippen molar-refractivity contribution in [3.8, 4) is 0 Å². The smallest absolute Gasteiger partial charge is 0.0682 e. The first-order valence-corrected chi connectivity index (χ1v) is 7.64. The Hall–Kier alpha value is -0.640. The third kappa shape index (κ3) is 2.53. The molecule has 0 bridgehead atoms. The monoisotopic (exact) mass is 323 g/mol. The van der Waals surface area contributed by atoms with Gasteiger partial charge in [0.2, 0.25) is 0 Å². The molecular formula is C15H18BrNS. The minimum absolute atomic E-state index is 0.262. The molecule has 0 amide bonds. The molecule has 0 aliphatic heterocycles. The standard InChI is InChI=1S/C15H18BrNS/c1-9-6-5-7-12(13(9)16)14(17-4)15-10(2)8-11(3)18-15/h5-8,14,17H,1-4H3. The van der Waals surface area contributed by atoms with Crippen LogP contribution in [0.1, 0.15) is 32.5 Å². The van der Waals surface area contributed by atoms with E-state index in [1.165, 1.54) is 30.9 Å². The summed E-state index contributed by atoms with van der Waals surface area (Å²) < 4.78 is 1.20. The van der Waals surface area contributed by atoms with Crippen molar-refractivity contribution >= 4 is 27.3 Å². The number of nitrogens with one attached hydrogen (secondary N) is 1. The predicted octanol–water partition coefficient (Wildman–Crippen LogP) is 4.74. The van der Waals surface area contributed by atoms with Gasteiger partial charge in [-0.2, -0.15) is 0 Å². The lowest BCUT2D eigenvalue weighted by atomic mass is 10.0. The minimum atomic E-state index is 0.262. The van der Waals surface area contributed by atoms with Crippen LogP contribution >= 0.6 is 27.3 Å². The van der Waals surface area contributed by atoms with Gasteiger partial charge in [-0.3, -0.25) is 0 Å². The summed E-state index contributed by atoms with van der Waals surface area (Å²) in [6.07, 6.45) is 0. The summed E-state index contributed by atoms with van der Waals surface area (Å²) in [5.41, 5.74) is 3.95. The Balaban J connectivity index is 2.52. The van der Waals surface area contributed by atoms with E-state index in [2.05, 4.69) is 66.3 Å². The second kappa shape index (κ2) is 5.55. The lowest BCUT2D eigenvalue weighted by molar-refractivity contribution is 0.696. The minimum Gasteiger partial charge on any atom is -0.309 e. The molecule has 18 heavy (non-hydrogen) atoms. The van der Waals surface area contributed by atoms with Crippen LogP contribution in [-0.4, -0.2) is 7.05 Å². The van der Waals surface area contributed by atoms with E-state index in [0.29, 0.717) is 0 Å². The van der Waals surface area contributed by atoms with Crippen molar-refractivity contribution in [3.63, 3.8) is 0 Å². The second-order valence-electron chi connectivity index (χ2n) is 4.60. The van der Waals surface area contributed by atoms with Crippen LogP contribution in [-0.2, 0) is 0 Å². The highest BCUT2D eigenvalue weighted by Crippen LogP contribution is 2.35. The molecule has 0 fully saturated rings. The average molecular weight is 324 g/mol. The Labute approximate surface area is 121 Å². The zero-order chi connectivity index (χ0) is 13.3. The van der Waals surface area contributed by atoms with Crippen molar-refractivity contribution in [2.45, 2.75) is 26.8 Å². The molecule has 0 saturated carbocycles. The Morgan fingerprint density at radius 1 is 1.17 bits per heavy atom. The zero-order valence-electron chi connectivity index (χ0n) is 11.2. The Kier molecular flexibility index (Phi) is 4.25. The third-order valence-corrected chi connectivity index (χ3v) is 5.46. The normalized spacial score (nSPS) is 12.7. The number of hydrogen-bond acceptors (Lipinski definition) is 2. The molecule has 0 aliphatic rings. The average Bonchev–Trinajstić information content (AvgIpc) is 2.65. The fourth-order valence-corrected chi connectivity index (χ4v) is 3.93. The van der Waals surface area contributed by atoms with Crippen molar-refractivity contribution in [1.29, 1.82) is 0 Å². The van der Waals surface area contributed by atoms with Gasteiger partial charge in [-0.05, 0) is 50.6 Å². The fourth-order valence-electron chi connectivity index (χ4n) is 2.27. The molecule has 2 rings (SSSR count). The van der Waals surface area contributed by atoms with E-state index in [4.69, 9.17) is 0 Å². The second-order valence-corrected chi connectivity index (χ2v) is 6.69. The molecular weight excluding hydrogens is 306 g/mol. The van der Waals surface area contributed by atoms with E-state index in [1.807, 2.05) is 18.4 Å². The molecule has 1 heterocycles. The highest BCUT2D eigenvalue weighted by Gasteiger charge is 2.19. The molecule has 1 nitrogen and oxygen atoms in total. The molecule has 0 radical (unpaired) electrons. The van der Waals surface area contributed by atoms with Gasteiger partial charge in [0.1, 0.15) is 0 Å². The maximum atomic E-state index is 3.71.